The van der Waals surface area contributed by atoms with Gasteiger partial charge in [-0.25, -0.2) is 0 Å². The van der Waals surface area contributed by atoms with Crippen LogP contribution in [0.3, 0.4) is 0 Å². The summed E-state index contributed by atoms with van der Waals surface area (Å²) in [5, 5.41) is 0.545. The summed E-state index contributed by atoms with van der Waals surface area (Å²) in [5.41, 5.74) is 6.26. The van der Waals surface area contributed by atoms with Gasteiger partial charge in [0.25, 0.3) is 0 Å². The first kappa shape index (κ1) is 16.3. The zero-order valence-electron chi connectivity index (χ0n) is 11.6. The number of rotatable bonds is 8. The Labute approximate surface area is 126 Å². The van der Waals surface area contributed by atoms with Crippen molar-refractivity contribution in [3.63, 3.8) is 0 Å². The van der Waals surface area contributed by atoms with Crippen molar-refractivity contribution in [3.8, 4) is 5.75 Å². The normalized spacial score (nSPS) is 12.2. The van der Waals surface area contributed by atoms with Gasteiger partial charge >= 0.3 is 0 Å². The zero-order chi connectivity index (χ0) is 14.3. The third-order valence-electron chi connectivity index (χ3n) is 3.01. The fraction of sp³-hybridized carbons (Fsp3) is 0.533. The Kier molecular flexibility index (Phi) is 7.17. The molecule has 0 aromatic heterocycles. The fourth-order valence-electron chi connectivity index (χ4n) is 1.92. The molecule has 1 unspecified atom stereocenters. The van der Waals surface area contributed by atoms with E-state index in [9.17, 15) is 0 Å². The first-order valence-electron chi connectivity index (χ1n) is 6.80. The highest BCUT2D eigenvalue weighted by Gasteiger charge is 2.08. The molecule has 0 fully saturated rings. The molecule has 0 aliphatic heterocycles. The Morgan fingerprint density at radius 3 is 2.68 bits per heavy atom. The highest BCUT2D eigenvalue weighted by Crippen LogP contribution is 2.24. The number of unbranched alkanes of at least 4 members (excludes halogenated alkanes) is 3. The molecular weight excluding hydrogens is 278 g/mol. The van der Waals surface area contributed by atoms with Crippen LogP contribution in [0, 0.1) is 0 Å². The van der Waals surface area contributed by atoms with Gasteiger partial charge in [-0.3, -0.25) is 0 Å². The van der Waals surface area contributed by atoms with Crippen molar-refractivity contribution in [2.75, 3.05) is 0 Å². The molecule has 1 atom stereocenters. The quantitative estimate of drug-likeness (QED) is 0.557. The van der Waals surface area contributed by atoms with Crippen molar-refractivity contribution in [2.45, 2.75) is 52.1 Å². The van der Waals surface area contributed by atoms with Crippen LogP contribution in [0.1, 0.15) is 51.5 Å². The summed E-state index contributed by atoms with van der Waals surface area (Å²) < 4.78 is 5.84. The van der Waals surface area contributed by atoms with Crippen LogP contribution in [0.2, 0.25) is 5.02 Å². The molecular formula is C15H22ClNOS. The molecule has 2 N–H and O–H groups in total. The molecule has 0 aliphatic carbocycles. The van der Waals surface area contributed by atoms with Gasteiger partial charge in [0.1, 0.15) is 10.7 Å². The lowest BCUT2D eigenvalue weighted by atomic mass is 10.1. The summed E-state index contributed by atoms with van der Waals surface area (Å²) in [4.78, 5) is 0.309. The summed E-state index contributed by atoms with van der Waals surface area (Å²) >= 11 is 11.0. The lowest BCUT2D eigenvalue weighted by Crippen LogP contribution is -2.13. The van der Waals surface area contributed by atoms with Crippen LogP contribution in [0.25, 0.3) is 0 Å². The third kappa shape index (κ3) is 5.79. The van der Waals surface area contributed by atoms with Gasteiger partial charge in [0.15, 0.2) is 0 Å². The van der Waals surface area contributed by atoms with Crippen LogP contribution >= 0.6 is 23.8 Å². The number of benzene rings is 1. The van der Waals surface area contributed by atoms with E-state index in [4.69, 9.17) is 34.3 Å². The van der Waals surface area contributed by atoms with Crippen LogP contribution in [0.5, 0.6) is 5.75 Å². The molecule has 19 heavy (non-hydrogen) atoms. The van der Waals surface area contributed by atoms with Crippen molar-refractivity contribution in [1.29, 1.82) is 0 Å². The predicted octanol–water partition coefficient (Wildman–Crippen LogP) is 4.71. The smallest absolute Gasteiger partial charge is 0.121 e. The highest BCUT2D eigenvalue weighted by molar-refractivity contribution is 7.80. The number of thiocarbonyl (C=S) groups is 1. The summed E-state index contributed by atoms with van der Waals surface area (Å²) in [6.07, 6.45) is 6.28. The van der Waals surface area contributed by atoms with Crippen LogP contribution in [0.4, 0.5) is 0 Å². The highest BCUT2D eigenvalue weighted by atomic mass is 35.5. The summed E-state index contributed by atoms with van der Waals surface area (Å²) in [6.45, 7) is 4.30. The predicted molar refractivity (Wildman–Crippen MR) is 86.2 cm³/mol. The summed E-state index contributed by atoms with van der Waals surface area (Å²) in [6, 6.07) is 5.45. The lowest BCUT2D eigenvalue weighted by molar-refractivity contribution is 0.206. The molecule has 2 nitrogen and oxygen atoms in total. The van der Waals surface area contributed by atoms with Gasteiger partial charge in [-0.05, 0) is 38.0 Å². The van der Waals surface area contributed by atoms with Gasteiger partial charge in [-0.1, -0.05) is 50.0 Å². The van der Waals surface area contributed by atoms with E-state index >= 15 is 0 Å². The Hall–Kier alpha value is -0.800. The van der Waals surface area contributed by atoms with Crippen molar-refractivity contribution in [1.82, 2.24) is 0 Å². The van der Waals surface area contributed by atoms with E-state index < -0.39 is 0 Å². The van der Waals surface area contributed by atoms with Crippen molar-refractivity contribution < 1.29 is 4.74 Å². The maximum Gasteiger partial charge on any atom is 0.121 e. The van der Waals surface area contributed by atoms with E-state index in [2.05, 4.69) is 13.8 Å². The number of hydrogen-bond donors (Lipinski definition) is 1. The van der Waals surface area contributed by atoms with Gasteiger partial charge < -0.3 is 10.5 Å². The Bertz CT molecular complexity index is 423. The molecule has 0 radical (unpaired) electrons. The van der Waals surface area contributed by atoms with Crippen LogP contribution in [0.15, 0.2) is 18.2 Å². The van der Waals surface area contributed by atoms with E-state index in [1.165, 1.54) is 25.7 Å². The molecule has 0 bridgehead atoms. The van der Waals surface area contributed by atoms with Crippen molar-refractivity contribution in [3.05, 3.63) is 28.8 Å². The second kappa shape index (κ2) is 8.39. The first-order valence-corrected chi connectivity index (χ1v) is 7.59. The van der Waals surface area contributed by atoms with E-state index in [1.54, 1.807) is 6.07 Å². The SMILES string of the molecule is CCCCCCC(C)Oc1ccc(C(N)=S)c(Cl)c1. The molecule has 0 aliphatic rings. The molecule has 0 spiro atoms. The number of halogens is 1. The maximum absolute atomic E-state index is 6.11. The van der Waals surface area contributed by atoms with Gasteiger partial charge in [-0.15, -0.1) is 0 Å². The average Bonchev–Trinajstić information content (AvgIpc) is 2.34. The minimum atomic E-state index is 0.198. The zero-order valence-corrected chi connectivity index (χ0v) is 13.2. The number of nitrogens with two attached hydrogens (primary N) is 1. The summed E-state index contributed by atoms with van der Waals surface area (Å²) in [5.74, 6) is 0.771. The summed E-state index contributed by atoms with van der Waals surface area (Å²) in [7, 11) is 0. The largest absolute Gasteiger partial charge is 0.491 e. The van der Waals surface area contributed by atoms with E-state index in [1.807, 2.05) is 12.1 Å². The average molecular weight is 300 g/mol. The van der Waals surface area contributed by atoms with Gasteiger partial charge in [0.05, 0.1) is 11.1 Å². The molecule has 1 rings (SSSR count). The monoisotopic (exact) mass is 299 g/mol. The number of ether oxygens (including phenoxy) is 1. The molecule has 4 heteroatoms. The van der Waals surface area contributed by atoms with E-state index in [0.29, 0.717) is 15.6 Å². The standard InChI is InChI=1S/C15H22ClNOS/c1-3-4-5-6-7-11(2)18-12-8-9-13(15(17)19)14(16)10-12/h8-11H,3-7H2,1-2H3,(H2,17,19). The minimum Gasteiger partial charge on any atom is -0.491 e. The van der Waals surface area contributed by atoms with Gasteiger partial charge in [0, 0.05) is 5.56 Å². The molecule has 0 saturated carbocycles. The molecule has 0 heterocycles. The molecule has 1 aromatic rings. The minimum absolute atomic E-state index is 0.198. The van der Waals surface area contributed by atoms with Crippen molar-refractivity contribution in [2.24, 2.45) is 5.73 Å². The van der Waals surface area contributed by atoms with Gasteiger partial charge in [-0.2, -0.15) is 0 Å². The molecule has 1 aromatic carbocycles. The van der Waals surface area contributed by atoms with Crippen LogP contribution in [-0.4, -0.2) is 11.1 Å². The Morgan fingerprint density at radius 1 is 1.37 bits per heavy atom. The molecule has 0 saturated heterocycles. The van der Waals surface area contributed by atoms with E-state index in [-0.39, 0.29) is 6.10 Å². The maximum atomic E-state index is 6.11. The van der Waals surface area contributed by atoms with Crippen molar-refractivity contribution >= 4 is 28.8 Å². The van der Waals surface area contributed by atoms with Gasteiger partial charge in [0.2, 0.25) is 0 Å². The Balaban J connectivity index is 2.48. The topological polar surface area (TPSA) is 35.2 Å². The van der Waals surface area contributed by atoms with Crippen LogP contribution < -0.4 is 10.5 Å². The van der Waals surface area contributed by atoms with Crippen LogP contribution in [-0.2, 0) is 0 Å². The second-order valence-electron chi connectivity index (χ2n) is 4.78. The fourth-order valence-corrected chi connectivity index (χ4v) is 2.43. The first-order chi connectivity index (χ1) is 9.04. The lowest BCUT2D eigenvalue weighted by Gasteiger charge is -2.15. The second-order valence-corrected chi connectivity index (χ2v) is 5.63. The third-order valence-corrected chi connectivity index (χ3v) is 3.54. The Morgan fingerprint density at radius 2 is 2.11 bits per heavy atom. The molecule has 0 amide bonds. The van der Waals surface area contributed by atoms with E-state index in [0.717, 1.165) is 12.2 Å². The number of hydrogen-bond acceptors (Lipinski definition) is 2. The molecule has 106 valence electrons.